The van der Waals surface area contributed by atoms with Gasteiger partial charge in [-0.25, -0.2) is 0 Å². The third-order valence-corrected chi connectivity index (χ3v) is 3.83. The van der Waals surface area contributed by atoms with E-state index in [4.69, 9.17) is 20.6 Å². The highest BCUT2D eigenvalue weighted by Crippen LogP contribution is 2.20. The lowest BCUT2D eigenvalue weighted by Crippen LogP contribution is -2.13. The number of amidine groups is 1. The monoisotopic (exact) mass is 290 g/mol. The second-order valence-electron chi connectivity index (χ2n) is 4.33. The lowest BCUT2D eigenvalue weighted by atomic mass is 10.1. The number of nitrogens with two attached hydrogens (primary N) is 1. The largest absolute Gasteiger partial charge is 0.496 e. The Bertz CT molecular complexity index is 567. The Hall–Kier alpha value is -1.85. The van der Waals surface area contributed by atoms with Crippen molar-refractivity contribution >= 4 is 17.2 Å². The molecule has 0 atom stereocenters. The maximum absolute atomic E-state index is 7.54. The van der Waals surface area contributed by atoms with Crippen LogP contribution in [-0.4, -0.2) is 19.6 Å². The molecule has 3 N–H and O–H groups in total. The lowest BCUT2D eigenvalue weighted by Gasteiger charge is -2.10. The molecule has 106 valence electrons. The van der Waals surface area contributed by atoms with Crippen LogP contribution in [0.25, 0.3) is 0 Å². The molecule has 0 fully saturated rings. The van der Waals surface area contributed by atoms with Crippen LogP contribution in [0.15, 0.2) is 35.7 Å². The number of ether oxygens (including phenoxy) is 2. The van der Waals surface area contributed by atoms with Crippen LogP contribution in [0.4, 0.5) is 0 Å². The summed E-state index contributed by atoms with van der Waals surface area (Å²) in [4.78, 5) is 1.32. The van der Waals surface area contributed by atoms with Crippen molar-refractivity contribution in [2.45, 2.75) is 13.0 Å². The van der Waals surface area contributed by atoms with E-state index in [1.165, 1.54) is 4.88 Å². The molecule has 0 saturated heterocycles. The molecule has 0 radical (unpaired) electrons. The molecule has 0 amide bonds. The Labute approximate surface area is 122 Å². The van der Waals surface area contributed by atoms with Gasteiger partial charge in [-0.3, -0.25) is 5.41 Å². The Morgan fingerprint density at radius 3 is 2.85 bits per heavy atom. The van der Waals surface area contributed by atoms with Gasteiger partial charge in [0.1, 0.15) is 11.6 Å². The first-order chi connectivity index (χ1) is 9.70. The molecular formula is C15H18N2O2S. The minimum Gasteiger partial charge on any atom is -0.496 e. The molecular weight excluding hydrogens is 272 g/mol. The van der Waals surface area contributed by atoms with Crippen LogP contribution in [0.3, 0.4) is 0 Å². The minimum atomic E-state index is 0.00212. The number of methoxy groups -OCH3 is 1. The number of hydrogen-bond acceptors (Lipinski definition) is 4. The summed E-state index contributed by atoms with van der Waals surface area (Å²) in [6.07, 6.45) is 0.924. The van der Waals surface area contributed by atoms with E-state index in [0.717, 1.165) is 12.0 Å². The summed E-state index contributed by atoms with van der Waals surface area (Å²) in [5, 5.41) is 9.61. The molecule has 1 aromatic carbocycles. The zero-order valence-corrected chi connectivity index (χ0v) is 12.2. The van der Waals surface area contributed by atoms with Crippen molar-refractivity contribution in [2.75, 3.05) is 13.7 Å². The predicted octanol–water partition coefficient (Wildman–Crippen LogP) is 2.80. The molecule has 5 heteroatoms. The van der Waals surface area contributed by atoms with E-state index in [-0.39, 0.29) is 5.84 Å². The number of nitrogen functional groups attached to an aromatic ring is 1. The molecule has 0 saturated carbocycles. The number of thiophene rings is 1. The quantitative estimate of drug-likeness (QED) is 0.468. The first-order valence-corrected chi connectivity index (χ1v) is 7.20. The van der Waals surface area contributed by atoms with Crippen molar-refractivity contribution in [3.63, 3.8) is 0 Å². The SMILES string of the molecule is COc1ccc(COCCc2cccs2)cc1C(=N)N. The van der Waals surface area contributed by atoms with E-state index in [2.05, 4.69) is 11.4 Å². The molecule has 0 aliphatic rings. The van der Waals surface area contributed by atoms with Gasteiger partial charge in [0.2, 0.25) is 0 Å². The fourth-order valence-electron chi connectivity index (χ4n) is 1.87. The third-order valence-electron chi connectivity index (χ3n) is 2.90. The van der Waals surface area contributed by atoms with Gasteiger partial charge in [-0.2, -0.15) is 0 Å². The molecule has 0 bridgehead atoms. The highest BCUT2D eigenvalue weighted by molar-refractivity contribution is 7.09. The molecule has 0 unspecified atom stereocenters. The average Bonchev–Trinajstić information content (AvgIpc) is 2.96. The highest BCUT2D eigenvalue weighted by Gasteiger charge is 2.07. The van der Waals surface area contributed by atoms with Crippen LogP contribution >= 0.6 is 11.3 Å². The second kappa shape index (κ2) is 7.07. The normalized spacial score (nSPS) is 10.4. The van der Waals surface area contributed by atoms with Crippen molar-refractivity contribution in [1.29, 1.82) is 5.41 Å². The maximum atomic E-state index is 7.54. The molecule has 20 heavy (non-hydrogen) atoms. The van der Waals surface area contributed by atoms with Gasteiger partial charge in [-0.15, -0.1) is 11.3 Å². The third kappa shape index (κ3) is 3.82. The van der Waals surface area contributed by atoms with Gasteiger partial charge in [0, 0.05) is 11.3 Å². The lowest BCUT2D eigenvalue weighted by molar-refractivity contribution is 0.124. The van der Waals surface area contributed by atoms with Crippen LogP contribution in [0.1, 0.15) is 16.0 Å². The molecule has 2 rings (SSSR count). The fraction of sp³-hybridized carbons (Fsp3) is 0.267. The van der Waals surface area contributed by atoms with E-state index in [1.54, 1.807) is 18.4 Å². The van der Waals surface area contributed by atoms with Gasteiger partial charge in [0.25, 0.3) is 0 Å². The second-order valence-corrected chi connectivity index (χ2v) is 5.36. The number of benzene rings is 1. The smallest absolute Gasteiger partial charge is 0.129 e. The molecule has 2 aromatic rings. The van der Waals surface area contributed by atoms with E-state index < -0.39 is 0 Å². The Kier molecular flexibility index (Phi) is 5.15. The van der Waals surface area contributed by atoms with E-state index in [9.17, 15) is 0 Å². The van der Waals surface area contributed by atoms with Crippen LogP contribution in [0, 0.1) is 5.41 Å². The van der Waals surface area contributed by atoms with Gasteiger partial charge in [0.05, 0.1) is 25.9 Å². The molecule has 4 nitrogen and oxygen atoms in total. The maximum Gasteiger partial charge on any atom is 0.129 e. The van der Waals surface area contributed by atoms with E-state index in [1.807, 2.05) is 24.3 Å². The number of nitrogens with one attached hydrogen (secondary N) is 1. The summed E-state index contributed by atoms with van der Waals surface area (Å²) in [7, 11) is 1.57. The van der Waals surface area contributed by atoms with Crippen molar-refractivity contribution in [1.82, 2.24) is 0 Å². The molecule has 0 spiro atoms. The molecule has 1 heterocycles. The van der Waals surface area contributed by atoms with Crippen LogP contribution in [-0.2, 0) is 17.8 Å². The molecule has 0 aliphatic heterocycles. The first-order valence-electron chi connectivity index (χ1n) is 6.32. The standard InChI is InChI=1S/C15H18N2O2S/c1-18-14-5-4-11(9-13(14)15(16)17)10-19-7-6-12-3-2-8-20-12/h2-5,8-9H,6-7,10H2,1H3,(H3,16,17). The zero-order chi connectivity index (χ0) is 14.4. The van der Waals surface area contributed by atoms with Crippen molar-refractivity contribution in [2.24, 2.45) is 5.73 Å². The average molecular weight is 290 g/mol. The molecule has 0 aliphatic carbocycles. The van der Waals surface area contributed by atoms with Crippen LogP contribution in [0.5, 0.6) is 5.75 Å². The van der Waals surface area contributed by atoms with Crippen molar-refractivity contribution < 1.29 is 9.47 Å². The summed E-state index contributed by atoms with van der Waals surface area (Å²) >= 11 is 1.74. The van der Waals surface area contributed by atoms with Gasteiger partial charge in [-0.1, -0.05) is 12.1 Å². The van der Waals surface area contributed by atoms with Crippen LogP contribution in [0.2, 0.25) is 0 Å². The summed E-state index contributed by atoms with van der Waals surface area (Å²) in [5.74, 6) is 0.613. The van der Waals surface area contributed by atoms with Gasteiger partial charge < -0.3 is 15.2 Å². The summed E-state index contributed by atoms with van der Waals surface area (Å²) in [5.41, 5.74) is 7.13. The van der Waals surface area contributed by atoms with Crippen molar-refractivity contribution in [3.8, 4) is 5.75 Å². The first kappa shape index (κ1) is 14.6. The Morgan fingerprint density at radius 1 is 1.35 bits per heavy atom. The van der Waals surface area contributed by atoms with Gasteiger partial charge >= 0.3 is 0 Å². The van der Waals surface area contributed by atoms with Gasteiger partial charge in [-0.05, 0) is 29.1 Å². The summed E-state index contributed by atoms with van der Waals surface area (Å²) < 4.78 is 10.8. The highest BCUT2D eigenvalue weighted by atomic mass is 32.1. The zero-order valence-electron chi connectivity index (χ0n) is 11.4. The fourth-order valence-corrected chi connectivity index (χ4v) is 2.56. The topological polar surface area (TPSA) is 68.3 Å². The van der Waals surface area contributed by atoms with E-state index in [0.29, 0.717) is 24.5 Å². The van der Waals surface area contributed by atoms with Crippen LogP contribution < -0.4 is 10.5 Å². The molecule has 1 aromatic heterocycles. The summed E-state index contributed by atoms with van der Waals surface area (Å²) in [6, 6.07) is 9.73. The van der Waals surface area contributed by atoms with E-state index >= 15 is 0 Å². The minimum absolute atomic E-state index is 0.00212. The Morgan fingerprint density at radius 2 is 2.20 bits per heavy atom. The van der Waals surface area contributed by atoms with Gasteiger partial charge in [0.15, 0.2) is 0 Å². The Balaban J connectivity index is 1.89. The predicted molar refractivity (Wildman–Crippen MR) is 81.7 cm³/mol. The number of hydrogen-bond donors (Lipinski definition) is 2. The summed E-state index contributed by atoms with van der Waals surface area (Å²) in [6.45, 7) is 1.19. The van der Waals surface area contributed by atoms with Crippen molar-refractivity contribution in [3.05, 3.63) is 51.7 Å². The number of rotatable bonds is 7.